The van der Waals surface area contributed by atoms with Crippen molar-refractivity contribution in [2.24, 2.45) is 17.7 Å². The van der Waals surface area contributed by atoms with Crippen molar-refractivity contribution in [2.75, 3.05) is 42.4 Å². The van der Waals surface area contributed by atoms with Gasteiger partial charge in [0, 0.05) is 27.2 Å². The Morgan fingerprint density at radius 1 is 1.32 bits per heavy atom. The molecule has 1 fully saturated rings. The molecule has 2 rings (SSSR count). The first kappa shape index (κ1) is 13.8. The highest BCUT2D eigenvalue weighted by Crippen LogP contribution is 2.27. The maximum absolute atomic E-state index is 5.42. The zero-order valence-electron chi connectivity index (χ0n) is 12.1. The lowest BCUT2D eigenvalue weighted by Crippen LogP contribution is -2.26. The van der Waals surface area contributed by atoms with Gasteiger partial charge >= 0.3 is 0 Å². The van der Waals surface area contributed by atoms with Crippen molar-refractivity contribution in [2.45, 2.75) is 20.3 Å². The van der Waals surface area contributed by atoms with Crippen LogP contribution in [0.3, 0.4) is 0 Å². The molecular formula is C12H23N7. The van der Waals surface area contributed by atoms with E-state index in [0.717, 1.165) is 13.1 Å². The Bertz CT molecular complexity index is 432. The number of hydrogen-bond donors (Lipinski definition) is 2. The first-order valence-electron chi connectivity index (χ1n) is 6.66. The maximum Gasteiger partial charge on any atom is 0.243 e. The van der Waals surface area contributed by atoms with Crippen LogP contribution in [-0.2, 0) is 0 Å². The highest BCUT2D eigenvalue weighted by atomic mass is 15.4. The molecule has 1 aliphatic heterocycles. The summed E-state index contributed by atoms with van der Waals surface area (Å²) >= 11 is 0. The fraction of sp³-hybridized carbons (Fsp3) is 0.750. The number of nitrogen functional groups attached to an aromatic ring is 1. The first-order valence-corrected chi connectivity index (χ1v) is 6.66. The van der Waals surface area contributed by atoms with Crippen LogP contribution < -0.4 is 21.1 Å². The predicted octanol–water partition coefficient (Wildman–Crippen LogP) is 0.706. The van der Waals surface area contributed by atoms with Crippen LogP contribution in [0.5, 0.6) is 0 Å². The number of hydrazine groups is 1. The topological polar surface area (TPSA) is 83.2 Å². The molecule has 1 saturated heterocycles. The van der Waals surface area contributed by atoms with Crippen molar-refractivity contribution in [1.82, 2.24) is 15.0 Å². The molecule has 1 aromatic heterocycles. The van der Waals surface area contributed by atoms with Gasteiger partial charge in [0.2, 0.25) is 17.8 Å². The van der Waals surface area contributed by atoms with Crippen LogP contribution >= 0.6 is 0 Å². The Balaban J connectivity index is 2.22. The van der Waals surface area contributed by atoms with E-state index >= 15 is 0 Å². The number of nitrogens with two attached hydrogens (primary N) is 1. The van der Waals surface area contributed by atoms with Gasteiger partial charge in [-0.1, -0.05) is 13.8 Å². The summed E-state index contributed by atoms with van der Waals surface area (Å²) in [5.74, 6) is 8.54. The Hall–Kier alpha value is -1.63. The number of hydrogen-bond acceptors (Lipinski definition) is 7. The number of aromatic nitrogens is 3. The maximum atomic E-state index is 5.42. The van der Waals surface area contributed by atoms with E-state index in [1.165, 1.54) is 6.42 Å². The molecule has 2 heterocycles. The van der Waals surface area contributed by atoms with Crippen molar-refractivity contribution < 1.29 is 0 Å². The summed E-state index contributed by atoms with van der Waals surface area (Å²) in [6.07, 6.45) is 1.19. The third-order valence-electron chi connectivity index (χ3n) is 3.59. The molecule has 7 nitrogen and oxygen atoms in total. The molecule has 106 valence electrons. The summed E-state index contributed by atoms with van der Waals surface area (Å²) in [7, 11) is 3.81. The van der Waals surface area contributed by atoms with Crippen LogP contribution in [0.2, 0.25) is 0 Å². The fourth-order valence-electron chi connectivity index (χ4n) is 2.27. The number of nitrogens with zero attached hydrogens (tertiary/aromatic N) is 5. The lowest BCUT2D eigenvalue weighted by atomic mass is 9.95. The van der Waals surface area contributed by atoms with E-state index in [-0.39, 0.29) is 0 Å². The van der Waals surface area contributed by atoms with Gasteiger partial charge in [-0.25, -0.2) is 5.84 Å². The molecule has 0 radical (unpaired) electrons. The molecule has 7 heteroatoms. The van der Waals surface area contributed by atoms with E-state index in [0.29, 0.717) is 29.7 Å². The normalized spacial score (nSPS) is 19.1. The predicted molar refractivity (Wildman–Crippen MR) is 77.1 cm³/mol. The van der Waals surface area contributed by atoms with E-state index in [2.05, 4.69) is 39.1 Å². The van der Waals surface area contributed by atoms with Crippen LogP contribution in [0.15, 0.2) is 0 Å². The lowest BCUT2D eigenvalue weighted by molar-refractivity contribution is 0.422. The molecule has 0 amide bonds. The third kappa shape index (κ3) is 3.04. The summed E-state index contributed by atoms with van der Waals surface area (Å²) in [5, 5.41) is 0. The quantitative estimate of drug-likeness (QED) is 0.612. The average Bonchev–Trinajstić information content (AvgIpc) is 2.87. The minimum absolute atomic E-state index is 0.404. The van der Waals surface area contributed by atoms with E-state index in [1.54, 1.807) is 0 Å². The number of nitrogens with one attached hydrogen (secondary N) is 1. The zero-order valence-corrected chi connectivity index (χ0v) is 12.1. The van der Waals surface area contributed by atoms with Crippen molar-refractivity contribution in [3.8, 4) is 0 Å². The zero-order chi connectivity index (χ0) is 14.0. The van der Waals surface area contributed by atoms with Gasteiger partial charge in [-0.3, -0.25) is 5.43 Å². The van der Waals surface area contributed by atoms with Gasteiger partial charge in [0.25, 0.3) is 0 Å². The van der Waals surface area contributed by atoms with E-state index in [1.807, 2.05) is 19.0 Å². The van der Waals surface area contributed by atoms with Gasteiger partial charge in [-0.05, 0) is 18.3 Å². The largest absolute Gasteiger partial charge is 0.347 e. The van der Waals surface area contributed by atoms with Gasteiger partial charge in [0.15, 0.2) is 0 Å². The standard InChI is InChI=1S/C12H23N7/c1-8(2)9-5-6-19(7-9)12-15-10(17-13)14-11(16-12)18(3)4/h8-9H,5-7,13H2,1-4H3,(H,14,15,16,17). The van der Waals surface area contributed by atoms with Crippen LogP contribution in [0.1, 0.15) is 20.3 Å². The minimum atomic E-state index is 0.404. The summed E-state index contributed by atoms with van der Waals surface area (Å²) in [5.41, 5.74) is 2.50. The molecule has 0 aliphatic carbocycles. The molecule has 0 bridgehead atoms. The smallest absolute Gasteiger partial charge is 0.243 e. The Labute approximate surface area is 114 Å². The Kier molecular flexibility index (Phi) is 4.04. The minimum Gasteiger partial charge on any atom is -0.347 e. The Morgan fingerprint density at radius 2 is 2.05 bits per heavy atom. The van der Waals surface area contributed by atoms with Crippen molar-refractivity contribution in [1.29, 1.82) is 0 Å². The number of rotatable bonds is 4. The van der Waals surface area contributed by atoms with Crippen LogP contribution in [0, 0.1) is 11.8 Å². The summed E-state index contributed by atoms with van der Waals surface area (Å²) in [6.45, 7) is 6.52. The molecule has 1 atom stereocenters. The molecule has 1 aromatic rings. The SMILES string of the molecule is CC(C)C1CCN(c2nc(NN)nc(N(C)C)n2)C1. The lowest BCUT2D eigenvalue weighted by Gasteiger charge is -2.20. The van der Waals surface area contributed by atoms with E-state index in [4.69, 9.17) is 5.84 Å². The summed E-state index contributed by atoms with van der Waals surface area (Å²) < 4.78 is 0. The first-order chi connectivity index (χ1) is 9.01. The molecule has 1 aliphatic rings. The summed E-state index contributed by atoms with van der Waals surface area (Å²) in [4.78, 5) is 17.1. The second-order valence-corrected chi connectivity index (χ2v) is 5.54. The second kappa shape index (κ2) is 5.56. The average molecular weight is 265 g/mol. The van der Waals surface area contributed by atoms with Crippen LogP contribution in [-0.4, -0.2) is 42.1 Å². The van der Waals surface area contributed by atoms with E-state index in [9.17, 15) is 0 Å². The van der Waals surface area contributed by atoms with Gasteiger partial charge in [0.1, 0.15) is 0 Å². The van der Waals surface area contributed by atoms with Gasteiger partial charge in [-0.15, -0.1) is 0 Å². The molecule has 0 aromatic carbocycles. The Morgan fingerprint density at radius 3 is 2.58 bits per heavy atom. The van der Waals surface area contributed by atoms with Gasteiger partial charge < -0.3 is 9.80 Å². The van der Waals surface area contributed by atoms with Gasteiger partial charge in [-0.2, -0.15) is 15.0 Å². The molecule has 0 spiro atoms. The molecule has 3 N–H and O–H groups in total. The van der Waals surface area contributed by atoms with Crippen LogP contribution in [0.4, 0.5) is 17.8 Å². The highest BCUT2D eigenvalue weighted by Gasteiger charge is 2.27. The molecule has 19 heavy (non-hydrogen) atoms. The fourth-order valence-corrected chi connectivity index (χ4v) is 2.27. The highest BCUT2D eigenvalue weighted by molar-refractivity contribution is 5.44. The van der Waals surface area contributed by atoms with Crippen molar-refractivity contribution in [3.63, 3.8) is 0 Å². The van der Waals surface area contributed by atoms with Gasteiger partial charge in [0.05, 0.1) is 0 Å². The van der Waals surface area contributed by atoms with Crippen LogP contribution in [0.25, 0.3) is 0 Å². The number of anilines is 3. The molecule has 0 saturated carbocycles. The monoisotopic (exact) mass is 265 g/mol. The van der Waals surface area contributed by atoms with Crippen molar-refractivity contribution >= 4 is 17.8 Å². The summed E-state index contributed by atoms with van der Waals surface area (Å²) in [6, 6.07) is 0. The van der Waals surface area contributed by atoms with Crippen molar-refractivity contribution in [3.05, 3.63) is 0 Å². The second-order valence-electron chi connectivity index (χ2n) is 5.54. The molecular weight excluding hydrogens is 242 g/mol. The van der Waals surface area contributed by atoms with E-state index < -0.39 is 0 Å². The third-order valence-corrected chi connectivity index (χ3v) is 3.59. The molecule has 1 unspecified atom stereocenters.